The number of benzene rings is 2. The highest BCUT2D eigenvalue weighted by atomic mass is 15.3. The minimum Gasteiger partial charge on any atom is -0.352 e. The lowest BCUT2D eigenvalue weighted by molar-refractivity contribution is 0.728. The van der Waals surface area contributed by atoms with E-state index in [2.05, 4.69) is 67.5 Å². The summed E-state index contributed by atoms with van der Waals surface area (Å²) in [5.74, 6) is 0.775. The van der Waals surface area contributed by atoms with Gasteiger partial charge in [-0.1, -0.05) is 36.4 Å². The van der Waals surface area contributed by atoms with E-state index in [1.165, 1.54) is 22.4 Å². The van der Waals surface area contributed by atoms with Gasteiger partial charge in [-0.05, 0) is 37.1 Å². The highest BCUT2D eigenvalue weighted by molar-refractivity contribution is 5.79. The third-order valence-electron chi connectivity index (χ3n) is 5.68. The molecule has 4 rings (SSSR count). The van der Waals surface area contributed by atoms with E-state index in [9.17, 15) is 0 Å². The van der Waals surface area contributed by atoms with Crippen molar-refractivity contribution in [2.45, 2.75) is 33.5 Å². The lowest BCUT2D eigenvalue weighted by Crippen LogP contribution is -2.36. The molecule has 4 aromatic rings. The largest absolute Gasteiger partial charge is 0.352 e. The van der Waals surface area contributed by atoms with E-state index >= 15 is 0 Å². The van der Waals surface area contributed by atoms with E-state index in [1.54, 1.807) is 7.05 Å². The molecule has 0 spiro atoms. The predicted molar refractivity (Wildman–Crippen MR) is 125 cm³/mol. The third kappa shape index (κ3) is 4.60. The predicted octanol–water partition coefficient (Wildman–Crippen LogP) is 3.30. The maximum absolute atomic E-state index is 4.47. The lowest BCUT2D eigenvalue weighted by atomic mass is 10.1. The summed E-state index contributed by atoms with van der Waals surface area (Å²) in [6, 6.07) is 16.9. The Balaban J connectivity index is 1.33. The molecule has 0 amide bonds. The second-order valence-electron chi connectivity index (χ2n) is 7.73. The topological polar surface area (TPSA) is 72.1 Å². The van der Waals surface area contributed by atoms with Crippen molar-refractivity contribution in [2.24, 2.45) is 12.0 Å². The summed E-state index contributed by atoms with van der Waals surface area (Å²) in [6.07, 6.45) is 1.90. The van der Waals surface area contributed by atoms with Crippen molar-refractivity contribution in [1.82, 2.24) is 30.0 Å². The second-order valence-corrected chi connectivity index (χ2v) is 7.73. The Hall–Kier alpha value is -3.61. The van der Waals surface area contributed by atoms with Gasteiger partial charge in [0.05, 0.1) is 23.1 Å². The summed E-state index contributed by atoms with van der Waals surface area (Å²) in [5, 5.41) is 11.2. The first-order chi connectivity index (χ1) is 15.0. The molecule has 2 aromatic carbocycles. The molecule has 0 atom stereocenters. The highest BCUT2D eigenvalue weighted by Crippen LogP contribution is 2.15. The zero-order valence-corrected chi connectivity index (χ0v) is 18.6. The van der Waals surface area contributed by atoms with Gasteiger partial charge in [0, 0.05) is 45.0 Å². The van der Waals surface area contributed by atoms with Crippen LogP contribution in [-0.2, 0) is 26.7 Å². The van der Waals surface area contributed by atoms with Crippen LogP contribution in [-0.4, -0.2) is 32.3 Å². The van der Waals surface area contributed by atoms with Crippen molar-refractivity contribution in [3.63, 3.8) is 0 Å². The fourth-order valence-electron chi connectivity index (χ4n) is 3.75. The zero-order valence-electron chi connectivity index (χ0n) is 18.6. The van der Waals surface area contributed by atoms with Crippen LogP contribution in [0.25, 0.3) is 11.0 Å². The van der Waals surface area contributed by atoms with Gasteiger partial charge in [0.15, 0.2) is 5.96 Å². The first-order valence-electron chi connectivity index (χ1n) is 10.5. The van der Waals surface area contributed by atoms with Crippen molar-refractivity contribution < 1.29 is 0 Å². The average molecular weight is 416 g/mol. The maximum Gasteiger partial charge on any atom is 0.191 e. The summed E-state index contributed by atoms with van der Waals surface area (Å²) in [7, 11) is 3.76. The van der Waals surface area contributed by atoms with Crippen LogP contribution in [0.15, 0.2) is 59.9 Å². The summed E-state index contributed by atoms with van der Waals surface area (Å²) in [4.78, 5) is 8.81. The third-order valence-corrected chi connectivity index (χ3v) is 5.68. The number of hydrogen-bond donors (Lipinski definition) is 2. The molecule has 2 N–H and O–H groups in total. The van der Waals surface area contributed by atoms with Crippen LogP contribution >= 0.6 is 0 Å². The number of hydrogen-bond acceptors (Lipinski definition) is 3. The quantitative estimate of drug-likeness (QED) is 0.374. The van der Waals surface area contributed by atoms with E-state index in [-0.39, 0.29) is 0 Å². The molecule has 7 heteroatoms. The van der Waals surface area contributed by atoms with Gasteiger partial charge in [-0.2, -0.15) is 5.10 Å². The van der Waals surface area contributed by atoms with Crippen LogP contribution in [0.4, 0.5) is 0 Å². The first kappa shape index (κ1) is 20.7. The normalized spacial score (nSPS) is 11.8. The molecule has 0 aliphatic heterocycles. The molecule has 31 heavy (non-hydrogen) atoms. The lowest BCUT2D eigenvalue weighted by Gasteiger charge is -2.13. The molecular weight excluding hydrogens is 386 g/mol. The number of nitrogens with zero attached hydrogens (tertiary/aromatic N) is 5. The van der Waals surface area contributed by atoms with Gasteiger partial charge < -0.3 is 15.2 Å². The van der Waals surface area contributed by atoms with Gasteiger partial charge in [0.1, 0.15) is 0 Å². The molecule has 0 unspecified atom stereocenters. The highest BCUT2D eigenvalue weighted by Gasteiger charge is 2.10. The number of guanidine groups is 1. The molecule has 0 radical (unpaired) electrons. The number of aromatic nitrogens is 4. The van der Waals surface area contributed by atoms with Crippen molar-refractivity contribution in [1.29, 1.82) is 0 Å². The molecular formula is C24H29N7. The molecule has 0 aliphatic rings. The van der Waals surface area contributed by atoms with Gasteiger partial charge in [-0.15, -0.1) is 0 Å². The number of aliphatic imine (C=N–C) groups is 1. The molecule has 0 aliphatic carbocycles. The fraction of sp³-hybridized carbons (Fsp3) is 0.292. The average Bonchev–Trinajstić information content (AvgIpc) is 3.29. The van der Waals surface area contributed by atoms with Gasteiger partial charge in [-0.25, -0.2) is 4.98 Å². The van der Waals surface area contributed by atoms with Gasteiger partial charge in [-0.3, -0.25) is 9.67 Å². The number of fused-ring (bicyclic) bond motifs is 1. The summed E-state index contributed by atoms with van der Waals surface area (Å²) >= 11 is 0. The Morgan fingerprint density at radius 3 is 2.39 bits per heavy atom. The van der Waals surface area contributed by atoms with E-state index in [1.807, 2.05) is 43.2 Å². The Labute approximate surface area is 182 Å². The van der Waals surface area contributed by atoms with Crippen molar-refractivity contribution in [3.05, 3.63) is 82.9 Å². The van der Waals surface area contributed by atoms with Gasteiger partial charge in [0.2, 0.25) is 0 Å². The monoisotopic (exact) mass is 415 g/mol. The number of imidazole rings is 1. The standard InChI is InChI=1S/C24H29N7/c1-17-21(18(2)30(4)29-17)14-27-24(25-3)26-13-19-9-11-20(12-10-19)15-31-16-28-22-7-5-6-8-23(22)31/h5-12,16H,13-15H2,1-4H3,(H2,25,26,27). The van der Waals surface area contributed by atoms with Crippen LogP contribution < -0.4 is 10.6 Å². The Bertz CT molecular complexity index is 1200. The van der Waals surface area contributed by atoms with Gasteiger partial charge >= 0.3 is 0 Å². The van der Waals surface area contributed by atoms with Gasteiger partial charge in [0.25, 0.3) is 0 Å². The van der Waals surface area contributed by atoms with Crippen LogP contribution in [0.2, 0.25) is 0 Å². The number of para-hydroxylation sites is 2. The molecule has 160 valence electrons. The SMILES string of the molecule is CN=C(NCc1ccc(Cn2cnc3ccccc32)cc1)NCc1c(C)nn(C)c1C. The summed E-state index contributed by atoms with van der Waals surface area (Å²) < 4.78 is 4.09. The molecule has 2 aromatic heterocycles. The summed E-state index contributed by atoms with van der Waals surface area (Å²) in [5.41, 5.74) is 8.06. The molecule has 0 bridgehead atoms. The summed E-state index contributed by atoms with van der Waals surface area (Å²) in [6.45, 7) is 6.33. The molecule has 0 saturated carbocycles. The number of rotatable bonds is 6. The smallest absolute Gasteiger partial charge is 0.191 e. The minimum absolute atomic E-state index is 0.697. The Morgan fingerprint density at radius 2 is 1.68 bits per heavy atom. The van der Waals surface area contributed by atoms with E-state index in [0.29, 0.717) is 13.1 Å². The molecule has 2 heterocycles. The number of nitrogens with one attached hydrogen (secondary N) is 2. The van der Waals surface area contributed by atoms with E-state index < -0.39 is 0 Å². The molecule has 0 saturated heterocycles. The fourth-order valence-corrected chi connectivity index (χ4v) is 3.75. The van der Waals surface area contributed by atoms with E-state index in [0.717, 1.165) is 29.2 Å². The first-order valence-corrected chi connectivity index (χ1v) is 10.5. The Kier molecular flexibility index (Phi) is 6.02. The molecule has 7 nitrogen and oxygen atoms in total. The van der Waals surface area contributed by atoms with Crippen LogP contribution in [0.1, 0.15) is 28.1 Å². The van der Waals surface area contributed by atoms with Crippen LogP contribution in [0.3, 0.4) is 0 Å². The van der Waals surface area contributed by atoms with Crippen molar-refractivity contribution in [2.75, 3.05) is 7.05 Å². The second kappa shape index (κ2) is 9.04. The zero-order chi connectivity index (χ0) is 21.8. The number of aryl methyl sites for hydroxylation is 2. The van der Waals surface area contributed by atoms with E-state index in [4.69, 9.17) is 0 Å². The van der Waals surface area contributed by atoms with Crippen LogP contribution in [0, 0.1) is 13.8 Å². The maximum atomic E-state index is 4.47. The minimum atomic E-state index is 0.697. The van der Waals surface area contributed by atoms with Crippen molar-refractivity contribution in [3.8, 4) is 0 Å². The Morgan fingerprint density at radius 1 is 0.968 bits per heavy atom. The molecule has 0 fully saturated rings. The van der Waals surface area contributed by atoms with Crippen molar-refractivity contribution >= 4 is 17.0 Å². The van der Waals surface area contributed by atoms with Crippen LogP contribution in [0.5, 0.6) is 0 Å².